The zero-order valence-electron chi connectivity index (χ0n) is 15.9. The first-order valence-corrected chi connectivity index (χ1v) is 9.41. The Morgan fingerprint density at radius 2 is 1.82 bits per heavy atom. The summed E-state index contributed by atoms with van der Waals surface area (Å²) in [4.78, 5) is 50.0. The van der Waals surface area contributed by atoms with Crippen molar-refractivity contribution in [3.05, 3.63) is 56.9 Å². The lowest BCUT2D eigenvalue weighted by Gasteiger charge is -2.12. The molecule has 1 atom stereocenters. The molecule has 0 unspecified atom stereocenters. The predicted molar refractivity (Wildman–Crippen MR) is 104 cm³/mol. The molecule has 2 aromatic rings. The first-order chi connectivity index (χ1) is 13.1. The summed E-state index contributed by atoms with van der Waals surface area (Å²) in [6, 6.07) is 5.78. The van der Waals surface area contributed by atoms with Crippen LogP contribution in [0.25, 0.3) is 0 Å². The Bertz CT molecular complexity index is 933. The van der Waals surface area contributed by atoms with Crippen molar-refractivity contribution in [1.29, 1.82) is 0 Å². The van der Waals surface area contributed by atoms with Crippen LogP contribution in [-0.4, -0.2) is 39.3 Å². The number of nitro groups is 1. The molecule has 0 spiro atoms. The molecule has 0 radical (unpaired) electrons. The molecule has 9 heteroatoms. The second-order valence-electron chi connectivity index (χ2n) is 6.22. The molecule has 28 heavy (non-hydrogen) atoms. The number of H-pyrrole nitrogens is 1. The second kappa shape index (κ2) is 8.83. The van der Waals surface area contributed by atoms with Crippen LogP contribution in [0.1, 0.15) is 46.0 Å². The molecule has 0 saturated carbocycles. The highest BCUT2D eigenvalue weighted by atomic mass is 32.2. The van der Waals surface area contributed by atoms with Gasteiger partial charge in [-0.3, -0.25) is 24.5 Å². The molecule has 0 saturated heterocycles. The molecule has 0 aliphatic heterocycles. The van der Waals surface area contributed by atoms with Crippen molar-refractivity contribution in [2.45, 2.75) is 38.7 Å². The van der Waals surface area contributed by atoms with Gasteiger partial charge >= 0.3 is 5.97 Å². The number of esters is 1. The number of aromatic nitrogens is 1. The van der Waals surface area contributed by atoms with Crippen molar-refractivity contribution < 1.29 is 24.0 Å². The zero-order chi connectivity index (χ0) is 21.0. The van der Waals surface area contributed by atoms with Crippen LogP contribution >= 0.6 is 11.8 Å². The topological polar surface area (TPSA) is 119 Å². The fraction of sp³-hybridized carbons (Fsp3) is 0.316. The minimum Gasteiger partial charge on any atom is -0.454 e. The number of benzene rings is 1. The molecule has 0 amide bonds. The monoisotopic (exact) mass is 404 g/mol. The van der Waals surface area contributed by atoms with Crippen molar-refractivity contribution in [2.24, 2.45) is 0 Å². The summed E-state index contributed by atoms with van der Waals surface area (Å²) in [5.41, 5.74) is 1.83. The largest absolute Gasteiger partial charge is 0.454 e. The van der Waals surface area contributed by atoms with Crippen LogP contribution in [0.4, 0.5) is 5.69 Å². The Morgan fingerprint density at radius 1 is 1.21 bits per heavy atom. The number of aryl methyl sites for hydroxylation is 1. The maximum Gasteiger partial charge on any atom is 0.316 e. The third-order valence-corrected chi connectivity index (χ3v) is 5.10. The van der Waals surface area contributed by atoms with Crippen LogP contribution in [0, 0.1) is 24.0 Å². The van der Waals surface area contributed by atoms with Crippen LogP contribution in [0.15, 0.2) is 29.2 Å². The van der Waals surface area contributed by atoms with E-state index in [0.717, 1.165) is 11.8 Å². The van der Waals surface area contributed by atoms with E-state index >= 15 is 0 Å². The molecule has 0 bridgehead atoms. The molecule has 0 aliphatic rings. The average molecular weight is 404 g/mol. The average Bonchev–Trinajstić information content (AvgIpc) is 2.93. The van der Waals surface area contributed by atoms with Gasteiger partial charge in [-0.25, -0.2) is 0 Å². The molecule has 0 aliphatic carbocycles. The predicted octanol–water partition coefficient (Wildman–Crippen LogP) is 3.65. The summed E-state index contributed by atoms with van der Waals surface area (Å²) in [5.74, 6) is -1.19. The first-order valence-electron chi connectivity index (χ1n) is 8.42. The summed E-state index contributed by atoms with van der Waals surface area (Å²) in [7, 11) is 0. The highest BCUT2D eigenvalue weighted by Crippen LogP contribution is 2.23. The van der Waals surface area contributed by atoms with Gasteiger partial charge in [0, 0.05) is 28.3 Å². The number of nitro benzene ring substituents is 1. The quantitative estimate of drug-likeness (QED) is 0.234. The van der Waals surface area contributed by atoms with E-state index in [1.54, 1.807) is 26.0 Å². The summed E-state index contributed by atoms with van der Waals surface area (Å²) in [5, 5.41) is 10.6. The fourth-order valence-electron chi connectivity index (χ4n) is 2.82. The van der Waals surface area contributed by atoms with Crippen LogP contribution < -0.4 is 0 Å². The third-order valence-electron chi connectivity index (χ3n) is 4.12. The van der Waals surface area contributed by atoms with Gasteiger partial charge in [0.1, 0.15) is 0 Å². The van der Waals surface area contributed by atoms with Crippen molar-refractivity contribution in [3.63, 3.8) is 0 Å². The molecular formula is C19H20N2O6S. The number of aromatic amines is 1. The Hall–Kier alpha value is -2.94. The number of thioether (sulfide) groups is 1. The van der Waals surface area contributed by atoms with Crippen LogP contribution in [0.2, 0.25) is 0 Å². The van der Waals surface area contributed by atoms with E-state index in [2.05, 4.69) is 4.98 Å². The zero-order valence-corrected chi connectivity index (χ0v) is 16.7. The molecule has 1 N–H and O–H groups in total. The lowest BCUT2D eigenvalue weighted by atomic mass is 10.0. The molecular weight excluding hydrogens is 384 g/mol. The maximum atomic E-state index is 12.6. The molecule has 8 nitrogen and oxygen atoms in total. The standard InChI is InChI=1S/C19H20N2O6S/c1-10-17(12(3)22)11(2)20-18(10)19(24)13(4)27-16(23)9-28-15-7-5-14(6-8-15)21(25)26/h5-8,13,20H,9H2,1-4H3/t13-/m1/s1. The lowest BCUT2D eigenvalue weighted by Crippen LogP contribution is -2.26. The van der Waals surface area contributed by atoms with E-state index in [0.29, 0.717) is 21.7 Å². The van der Waals surface area contributed by atoms with E-state index in [4.69, 9.17) is 4.74 Å². The first kappa shape index (κ1) is 21.4. The van der Waals surface area contributed by atoms with Gasteiger partial charge in [0.25, 0.3) is 5.69 Å². The number of Topliss-reactive ketones (excluding diaryl/α,β-unsaturated/α-hetero) is 2. The number of nitrogens with one attached hydrogen (secondary N) is 1. The van der Waals surface area contributed by atoms with Crippen LogP contribution in [0.3, 0.4) is 0 Å². The number of ether oxygens (including phenoxy) is 1. The van der Waals surface area contributed by atoms with Crippen LogP contribution in [-0.2, 0) is 9.53 Å². The van der Waals surface area contributed by atoms with E-state index in [-0.39, 0.29) is 22.9 Å². The van der Waals surface area contributed by atoms with Gasteiger partial charge in [-0.1, -0.05) is 0 Å². The van der Waals surface area contributed by atoms with Gasteiger partial charge < -0.3 is 9.72 Å². The van der Waals surface area contributed by atoms with E-state index in [9.17, 15) is 24.5 Å². The maximum absolute atomic E-state index is 12.6. The number of hydrogen-bond donors (Lipinski definition) is 1. The van der Waals surface area contributed by atoms with Crippen molar-refractivity contribution in [2.75, 3.05) is 5.75 Å². The van der Waals surface area contributed by atoms with Gasteiger partial charge in [-0.15, -0.1) is 11.8 Å². The Morgan fingerprint density at radius 3 is 2.32 bits per heavy atom. The van der Waals surface area contributed by atoms with Crippen molar-refractivity contribution in [1.82, 2.24) is 4.98 Å². The SMILES string of the molecule is CC(=O)c1c(C)[nH]c(C(=O)[C@@H](C)OC(=O)CSc2ccc([N+](=O)[O-])cc2)c1C. The number of hydrogen-bond acceptors (Lipinski definition) is 7. The normalized spacial score (nSPS) is 11.7. The summed E-state index contributed by atoms with van der Waals surface area (Å²) in [6.45, 7) is 6.28. The molecule has 0 fully saturated rings. The van der Waals surface area contributed by atoms with Gasteiger partial charge in [0.15, 0.2) is 11.9 Å². The second-order valence-corrected chi connectivity index (χ2v) is 7.27. The van der Waals surface area contributed by atoms with Gasteiger partial charge in [-0.05, 0) is 45.4 Å². The molecule has 1 aromatic heterocycles. The van der Waals surface area contributed by atoms with E-state index in [1.807, 2.05) is 0 Å². The number of carbonyl (C=O) groups excluding carboxylic acids is 3. The molecule has 148 valence electrons. The number of nitrogens with zero attached hydrogens (tertiary/aromatic N) is 1. The molecule has 2 rings (SSSR count). The van der Waals surface area contributed by atoms with Gasteiger partial charge in [-0.2, -0.15) is 0 Å². The number of carbonyl (C=O) groups is 3. The molecule has 1 aromatic carbocycles. The Labute approximate surface area is 165 Å². The third kappa shape index (κ3) is 4.86. The highest BCUT2D eigenvalue weighted by Gasteiger charge is 2.26. The molecule has 1 heterocycles. The highest BCUT2D eigenvalue weighted by molar-refractivity contribution is 8.00. The van der Waals surface area contributed by atoms with Crippen LogP contribution in [0.5, 0.6) is 0 Å². The van der Waals surface area contributed by atoms with Gasteiger partial charge in [0.2, 0.25) is 5.78 Å². The summed E-state index contributed by atoms with van der Waals surface area (Å²) >= 11 is 1.15. The lowest BCUT2D eigenvalue weighted by molar-refractivity contribution is -0.384. The summed E-state index contributed by atoms with van der Waals surface area (Å²) < 4.78 is 5.19. The van der Waals surface area contributed by atoms with E-state index < -0.39 is 22.8 Å². The van der Waals surface area contributed by atoms with Crippen molar-refractivity contribution >= 4 is 35.0 Å². The Balaban J connectivity index is 1.96. The minimum absolute atomic E-state index is 0.0345. The fourth-order valence-corrected chi connectivity index (χ4v) is 3.50. The smallest absolute Gasteiger partial charge is 0.316 e. The summed E-state index contributed by atoms with van der Waals surface area (Å²) in [6.07, 6.45) is -1.01. The number of rotatable bonds is 8. The van der Waals surface area contributed by atoms with E-state index in [1.165, 1.54) is 26.0 Å². The Kier molecular flexibility index (Phi) is 6.74. The number of ketones is 2. The number of non-ortho nitro benzene ring substituents is 1. The minimum atomic E-state index is -1.01. The van der Waals surface area contributed by atoms with Gasteiger partial charge in [0.05, 0.1) is 16.4 Å². The van der Waals surface area contributed by atoms with Crippen molar-refractivity contribution in [3.8, 4) is 0 Å².